The smallest absolute Gasteiger partial charge is 0.223 e. The number of hydrogen-bond donors (Lipinski definition) is 0. The summed E-state index contributed by atoms with van der Waals surface area (Å²) in [6.07, 6.45) is 0.975. The second-order valence-corrected chi connectivity index (χ2v) is 5.81. The molecular formula is C19H20N2O3. The largest absolute Gasteiger partial charge is 0.461 e. The Balaban J connectivity index is 1.53. The second-order valence-electron chi connectivity index (χ2n) is 5.81. The van der Waals surface area contributed by atoms with E-state index in [1.807, 2.05) is 55.5 Å². The highest BCUT2D eigenvalue weighted by molar-refractivity contribution is 5.76. The molecule has 0 radical (unpaired) electrons. The molecule has 0 aliphatic heterocycles. The number of rotatable bonds is 6. The minimum absolute atomic E-state index is 0.0494. The van der Waals surface area contributed by atoms with E-state index in [1.165, 1.54) is 0 Å². The number of benzene rings is 1. The summed E-state index contributed by atoms with van der Waals surface area (Å²) in [6, 6.07) is 15.6. The first kappa shape index (κ1) is 16.1. The van der Waals surface area contributed by atoms with Crippen LogP contribution in [-0.2, 0) is 17.8 Å². The highest BCUT2D eigenvalue weighted by atomic mass is 16.5. The number of amides is 1. The van der Waals surface area contributed by atoms with Crippen LogP contribution in [0.5, 0.6) is 0 Å². The van der Waals surface area contributed by atoms with Crippen LogP contribution in [0.15, 0.2) is 57.5 Å². The Hall–Kier alpha value is -2.82. The third-order valence-corrected chi connectivity index (χ3v) is 3.81. The van der Waals surface area contributed by atoms with E-state index in [0.29, 0.717) is 19.4 Å². The van der Waals surface area contributed by atoms with E-state index in [9.17, 15) is 4.79 Å². The van der Waals surface area contributed by atoms with Gasteiger partial charge < -0.3 is 13.8 Å². The Kier molecular flexibility index (Phi) is 4.79. The number of aromatic nitrogens is 1. The molecule has 0 atom stereocenters. The van der Waals surface area contributed by atoms with Crippen molar-refractivity contribution < 1.29 is 13.7 Å². The van der Waals surface area contributed by atoms with Gasteiger partial charge in [-0.1, -0.05) is 35.5 Å². The van der Waals surface area contributed by atoms with Crippen LogP contribution in [0.2, 0.25) is 0 Å². The zero-order valence-electron chi connectivity index (χ0n) is 13.9. The van der Waals surface area contributed by atoms with Gasteiger partial charge in [-0.15, -0.1) is 0 Å². The van der Waals surface area contributed by atoms with Crippen molar-refractivity contribution in [2.24, 2.45) is 0 Å². The Morgan fingerprint density at radius 2 is 1.96 bits per heavy atom. The van der Waals surface area contributed by atoms with Gasteiger partial charge in [0.2, 0.25) is 5.91 Å². The van der Waals surface area contributed by atoms with Gasteiger partial charge in [0.1, 0.15) is 23.0 Å². The van der Waals surface area contributed by atoms with Gasteiger partial charge >= 0.3 is 0 Å². The fourth-order valence-corrected chi connectivity index (χ4v) is 2.51. The molecule has 2 aromatic heterocycles. The summed E-state index contributed by atoms with van der Waals surface area (Å²) in [5.74, 6) is 2.43. The zero-order valence-corrected chi connectivity index (χ0v) is 13.9. The lowest BCUT2D eigenvalue weighted by molar-refractivity contribution is -0.130. The predicted octanol–water partition coefficient (Wildman–Crippen LogP) is 3.83. The van der Waals surface area contributed by atoms with Crippen molar-refractivity contribution in [3.63, 3.8) is 0 Å². The molecular weight excluding hydrogens is 304 g/mol. The summed E-state index contributed by atoms with van der Waals surface area (Å²) in [4.78, 5) is 13.9. The molecule has 0 spiro atoms. The quantitative estimate of drug-likeness (QED) is 0.691. The fourth-order valence-electron chi connectivity index (χ4n) is 2.51. The van der Waals surface area contributed by atoms with E-state index in [1.54, 1.807) is 11.9 Å². The van der Waals surface area contributed by atoms with Crippen molar-refractivity contribution in [1.29, 1.82) is 0 Å². The molecule has 124 valence electrons. The molecule has 2 heterocycles. The first-order valence-corrected chi connectivity index (χ1v) is 7.92. The van der Waals surface area contributed by atoms with Crippen molar-refractivity contribution in [2.75, 3.05) is 7.05 Å². The predicted molar refractivity (Wildman–Crippen MR) is 90.2 cm³/mol. The van der Waals surface area contributed by atoms with Gasteiger partial charge in [0.05, 0.1) is 6.54 Å². The van der Waals surface area contributed by atoms with Crippen LogP contribution < -0.4 is 0 Å². The normalized spacial score (nSPS) is 10.8. The standard InChI is InChI=1S/C19H20N2O3/c1-14-12-16(20-24-14)13-21(2)19(22)11-9-17-8-10-18(23-17)15-6-4-3-5-7-15/h3-8,10,12H,9,11,13H2,1-2H3. The lowest BCUT2D eigenvalue weighted by Crippen LogP contribution is -2.26. The molecule has 3 aromatic rings. The topological polar surface area (TPSA) is 59.5 Å². The first-order chi connectivity index (χ1) is 11.6. The minimum Gasteiger partial charge on any atom is -0.461 e. The van der Waals surface area contributed by atoms with Crippen molar-refractivity contribution in [2.45, 2.75) is 26.3 Å². The molecule has 0 saturated heterocycles. The molecule has 0 fully saturated rings. The van der Waals surface area contributed by atoms with Crippen LogP contribution >= 0.6 is 0 Å². The monoisotopic (exact) mass is 324 g/mol. The summed E-state index contributed by atoms with van der Waals surface area (Å²) >= 11 is 0. The summed E-state index contributed by atoms with van der Waals surface area (Å²) < 4.78 is 10.8. The van der Waals surface area contributed by atoms with Crippen molar-refractivity contribution in [1.82, 2.24) is 10.1 Å². The van der Waals surface area contributed by atoms with Crippen LogP contribution in [0, 0.1) is 6.92 Å². The van der Waals surface area contributed by atoms with Gasteiger partial charge in [0.25, 0.3) is 0 Å². The fraction of sp³-hybridized carbons (Fsp3) is 0.263. The Bertz CT molecular complexity index is 805. The first-order valence-electron chi connectivity index (χ1n) is 7.92. The average Bonchev–Trinajstić information content (AvgIpc) is 3.22. The Labute approximate surface area is 140 Å². The third kappa shape index (κ3) is 3.93. The molecule has 5 heteroatoms. The van der Waals surface area contributed by atoms with Gasteiger partial charge in [-0.05, 0) is 19.1 Å². The van der Waals surface area contributed by atoms with Crippen molar-refractivity contribution >= 4 is 5.91 Å². The van der Waals surface area contributed by atoms with E-state index in [2.05, 4.69) is 5.16 Å². The van der Waals surface area contributed by atoms with Gasteiger partial charge in [0, 0.05) is 31.5 Å². The second kappa shape index (κ2) is 7.17. The van der Waals surface area contributed by atoms with E-state index >= 15 is 0 Å². The highest BCUT2D eigenvalue weighted by Gasteiger charge is 2.13. The van der Waals surface area contributed by atoms with Crippen molar-refractivity contribution in [3.05, 3.63) is 65.7 Å². The molecule has 0 unspecified atom stereocenters. The number of carbonyl (C=O) groups excluding carboxylic acids is 1. The van der Waals surface area contributed by atoms with Crippen LogP contribution in [0.4, 0.5) is 0 Å². The van der Waals surface area contributed by atoms with Crippen LogP contribution in [0.25, 0.3) is 11.3 Å². The Morgan fingerprint density at radius 3 is 2.67 bits per heavy atom. The number of furan rings is 1. The molecule has 0 aliphatic rings. The highest BCUT2D eigenvalue weighted by Crippen LogP contribution is 2.22. The van der Waals surface area contributed by atoms with Crippen LogP contribution in [0.1, 0.15) is 23.6 Å². The lowest BCUT2D eigenvalue weighted by atomic mass is 10.2. The molecule has 1 amide bonds. The summed E-state index contributed by atoms with van der Waals surface area (Å²) in [5.41, 5.74) is 1.79. The molecule has 0 saturated carbocycles. The van der Waals surface area contributed by atoms with Crippen LogP contribution in [-0.4, -0.2) is 23.0 Å². The van der Waals surface area contributed by atoms with E-state index in [4.69, 9.17) is 8.94 Å². The number of nitrogens with zero attached hydrogens (tertiary/aromatic N) is 2. The summed E-state index contributed by atoms with van der Waals surface area (Å²) in [5, 5.41) is 3.91. The van der Waals surface area contributed by atoms with Crippen molar-refractivity contribution in [3.8, 4) is 11.3 Å². The molecule has 0 aliphatic carbocycles. The molecule has 0 N–H and O–H groups in total. The number of carbonyl (C=O) groups is 1. The summed E-state index contributed by atoms with van der Waals surface area (Å²) in [6.45, 7) is 2.28. The molecule has 3 rings (SSSR count). The van der Waals surface area contributed by atoms with Gasteiger partial charge in [-0.25, -0.2) is 0 Å². The van der Waals surface area contributed by atoms with Gasteiger partial charge in [0.15, 0.2) is 0 Å². The molecule has 0 bridgehead atoms. The van der Waals surface area contributed by atoms with E-state index in [0.717, 1.165) is 28.5 Å². The maximum Gasteiger partial charge on any atom is 0.223 e. The third-order valence-electron chi connectivity index (χ3n) is 3.81. The minimum atomic E-state index is 0.0494. The SMILES string of the molecule is Cc1cc(CN(C)C(=O)CCc2ccc(-c3ccccc3)o2)no1. The Morgan fingerprint density at radius 1 is 1.17 bits per heavy atom. The average molecular weight is 324 g/mol. The van der Waals surface area contributed by atoms with Crippen LogP contribution in [0.3, 0.4) is 0 Å². The number of hydrogen-bond acceptors (Lipinski definition) is 4. The van der Waals surface area contributed by atoms with E-state index in [-0.39, 0.29) is 5.91 Å². The number of aryl methyl sites for hydroxylation is 2. The maximum atomic E-state index is 12.2. The maximum absolute atomic E-state index is 12.2. The summed E-state index contributed by atoms with van der Waals surface area (Å²) in [7, 11) is 1.77. The van der Waals surface area contributed by atoms with E-state index < -0.39 is 0 Å². The molecule has 5 nitrogen and oxygen atoms in total. The molecule has 24 heavy (non-hydrogen) atoms. The molecule has 1 aromatic carbocycles. The van der Waals surface area contributed by atoms with Gasteiger partial charge in [-0.2, -0.15) is 0 Å². The lowest BCUT2D eigenvalue weighted by Gasteiger charge is -2.14. The van der Waals surface area contributed by atoms with Gasteiger partial charge in [-0.3, -0.25) is 4.79 Å². The zero-order chi connectivity index (χ0) is 16.9.